The Bertz CT molecular complexity index is 708. The predicted molar refractivity (Wildman–Crippen MR) is 70.6 cm³/mol. The standard InChI is InChI=1S/C14H11NO4/c16-12-6-5-10-11(14(12)17)7-8-3-1-2-4-9(8)13(10)15(18)19/h1-7,12,14,16-17H/t12-,14-/m1/s1. The van der Waals surface area contributed by atoms with E-state index >= 15 is 0 Å². The van der Waals surface area contributed by atoms with Crippen molar-refractivity contribution in [1.29, 1.82) is 0 Å². The van der Waals surface area contributed by atoms with Crippen molar-refractivity contribution in [2.75, 3.05) is 0 Å². The molecule has 0 radical (unpaired) electrons. The highest BCUT2D eigenvalue weighted by molar-refractivity contribution is 5.96. The molecular weight excluding hydrogens is 246 g/mol. The van der Waals surface area contributed by atoms with Gasteiger partial charge in [0.2, 0.25) is 0 Å². The van der Waals surface area contributed by atoms with Gasteiger partial charge in [-0.2, -0.15) is 0 Å². The van der Waals surface area contributed by atoms with Crippen LogP contribution in [0.1, 0.15) is 17.2 Å². The molecule has 1 aliphatic carbocycles. The van der Waals surface area contributed by atoms with Gasteiger partial charge in [0.1, 0.15) is 12.2 Å². The van der Waals surface area contributed by atoms with Crippen LogP contribution in [0.25, 0.3) is 16.8 Å². The maximum atomic E-state index is 11.3. The van der Waals surface area contributed by atoms with E-state index in [1.165, 1.54) is 12.2 Å². The van der Waals surface area contributed by atoms with Crippen LogP contribution >= 0.6 is 0 Å². The Morgan fingerprint density at radius 2 is 1.95 bits per heavy atom. The summed E-state index contributed by atoms with van der Waals surface area (Å²) in [5, 5.41) is 32.1. The zero-order chi connectivity index (χ0) is 13.6. The molecule has 5 heteroatoms. The van der Waals surface area contributed by atoms with Gasteiger partial charge in [-0.3, -0.25) is 10.1 Å². The van der Waals surface area contributed by atoms with E-state index < -0.39 is 17.1 Å². The quantitative estimate of drug-likeness (QED) is 0.605. The van der Waals surface area contributed by atoms with Crippen molar-refractivity contribution >= 4 is 22.5 Å². The molecule has 0 bridgehead atoms. The molecule has 0 saturated heterocycles. The van der Waals surface area contributed by atoms with Gasteiger partial charge in [0, 0.05) is 0 Å². The summed E-state index contributed by atoms with van der Waals surface area (Å²) in [5.74, 6) is 0. The second kappa shape index (κ2) is 4.15. The molecule has 0 aliphatic heterocycles. The van der Waals surface area contributed by atoms with Gasteiger partial charge in [-0.15, -0.1) is 0 Å². The molecule has 1 aliphatic rings. The minimum absolute atomic E-state index is 0.0321. The maximum absolute atomic E-state index is 11.3. The largest absolute Gasteiger partial charge is 0.386 e. The van der Waals surface area contributed by atoms with E-state index in [9.17, 15) is 20.3 Å². The average Bonchev–Trinajstić information content (AvgIpc) is 2.40. The van der Waals surface area contributed by atoms with Gasteiger partial charge in [-0.1, -0.05) is 24.3 Å². The van der Waals surface area contributed by atoms with Crippen molar-refractivity contribution in [1.82, 2.24) is 0 Å². The zero-order valence-corrected chi connectivity index (χ0v) is 9.85. The van der Waals surface area contributed by atoms with Crippen LogP contribution in [-0.2, 0) is 0 Å². The second-order valence-electron chi connectivity index (χ2n) is 4.50. The number of nitrogens with zero attached hydrogens (tertiary/aromatic N) is 1. The maximum Gasteiger partial charge on any atom is 0.284 e. The van der Waals surface area contributed by atoms with Crippen LogP contribution in [0.4, 0.5) is 5.69 Å². The molecule has 2 aromatic carbocycles. The molecule has 0 saturated carbocycles. The lowest BCUT2D eigenvalue weighted by molar-refractivity contribution is -0.383. The third-order valence-electron chi connectivity index (χ3n) is 3.38. The number of nitro benzene ring substituents is 1. The van der Waals surface area contributed by atoms with Gasteiger partial charge < -0.3 is 10.2 Å². The van der Waals surface area contributed by atoms with E-state index in [0.717, 1.165) is 0 Å². The van der Waals surface area contributed by atoms with Crippen LogP contribution in [0.3, 0.4) is 0 Å². The minimum atomic E-state index is -1.14. The summed E-state index contributed by atoms with van der Waals surface area (Å²) in [6.45, 7) is 0. The Kier molecular flexibility index (Phi) is 2.58. The summed E-state index contributed by atoms with van der Waals surface area (Å²) in [6, 6.07) is 8.63. The number of aliphatic hydroxyl groups excluding tert-OH is 2. The molecule has 0 amide bonds. The summed E-state index contributed by atoms with van der Waals surface area (Å²) < 4.78 is 0. The predicted octanol–water partition coefficient (Wildman–Crippen LogP) is 2.17. The topological polar surface area (TPSA) is 83.6 Å². The molecule has 0 aromatic heterocycles. The molecule has 0 fully saturated rings. The Labute approximate surface area is 108 Å². The Morgan fingerprint density at radius 3 is 2.68 bits per heavy atom. The van der Waals surface area contributed by atoms with Gasteiger partial charge in [0.05, 0.1) is 15.9 Å². The first kappa shape index (κ1) is 11.8. The molecule has 19 heavy (non-hydrogen) atoms. The van der Waals surface area contributed by atoms with Crippen molar-refractivity contribution in [2.45, 2.75) is 12.2 Å². The molecule has 5 nitrogen and oxygen atoms in total. The highest BCUT2D eigenvalue weighted by Gasteiger charge is 2.29. The number of rotatable bonds is 1. The van der Waals surface area contributed by atoms with Crippen LogP contribution in [-0.4, -0.2) is 21.2 Å². The highest BCUT2D eigenvalue weighted by atomic mass is 16.6. The van der Waals surface area contributed by atoms with E-state index in [0.29, 0.717) is 21.9 Å². The molecule has 2 aromatic rings. The summed E-state index contributed by atoms with van der Waals surface area (Å²) in [6.07, 6.45) is 0.697. The van der Waals surface area contributed by atoms with Crippen molar-refractivity contribution < 1.29 is 15.1 Å². The van der Waals surface area contributed by atoms with Crippen molar-refractivity contribution in [3.8, 4) is 0 Å². The summed E-state index contributed by atoms with van der Waals surface area (Å²) in [5.41, 5.74) is 0.720. The van der Waals surface area contributed by atoms with E-state index in [1.807, 2.05) is 0 Å². The van der Waals surface area contributed by atoms with Crippen LogP contribution in [0.15, 0.2) is 36.4 Å². The fraction of sp³-hybridized carbons (Fsp3) is 0.143. The van der Waals surface area contributed by atoms with Gasteiger partial charge in [0.25, 0.3) is 5.69 Å². The van der Waals surface area contributed by atoms with Crippen LogP contribution in [0.2, 0.25) is 0 Å². The number of nitro groups is 1. The van der Waals surface area contributed by atoms with Crippen molar-refractivity contribution in [3.05, 3.63) is 57.6 Å². The van der Waals surface area contributed by atoms with Crippen LogP contribution < -0.4 is 0 Å². The first-order valence-electron chi connectivity index (χ1n) is 5.84. The lowest BCUT2D eigenvalue weighted by atomic mass is 9.89. The van der Waals surface area contributed by atoms with E-state index in [-0.39, 0.29) is 5.69 Å². The molecule has 2 atom stereocenters. The number of hydrogen-bond acceptors (Lipinski definition) is 4. The molecule has 0 heterocycles. The highest BCUT2D eigenvalue weighted by Crippen LogP contribution is 2.39. The minimum Gasteiger partial charge on any atom is -0.386 e. The third kappa shape index (κ3) is 1.71. The Balaban J connectivity index is 2.43. The molecule has 0 unspecified atom stereocenters. The first-order chi connectivity index (χ1) is 9.09. The van der Waals surface area contributed by atoms with Gasteiger partial charge >= 0.3 is 0 Å². The number of hydrogen-bond donors (Lipinski definition) is 2. The first-order valence-corrected chi connectivity index (χ1v) is 5.84. The second-order valence-corrected chi connectivity index (χ2v) is 4.50. The molecular formula is C14H11NO4. The summed E-state index contributed by atoms with van der Waals surface area (Å²) >= 11 is 0. The summed E-state index contributed by atoms with van der Waals surface area (Å²) in [4.78, 5) is 10.9. The van der Waals surface area contributed by atoms with E-state index in [4.69, 9.17) is 0 Å². The normalized spacial score (nSPS) is 21.4. The lowest BCUT2D eigenvalue weighted by Crippen LogP contribution is -2.20. The SMILES string of the molecule is O=[N+]([O-])c1c2c(cc3ccccc13)[C@@H](O)[C@H](O)C=C2. The third-order valence-corrected chi connectivity index (χ3v) is 3.38. The molecule has 0 spiro atoms. The Hall–Kier alpha value is -2.24. The number of benzene rings is 2. The number of fused-ring (bicyclic) bond motifs is 2. The molecule has 96 valence electrons. The molecule has 2 N–H and O–H groups in total. The van der Waals surface area contributed by atoms with Gasteiger partial charge in [-0.25, -0.2) is 0 Å². The van der Waals surface area contributed by atoms with Crippen LogP contribution in [0, 0.1) is 10.1 Å². The van der Waals surface area contributed by atoms with Crippen molar-refractivity contribution in [3.63, 3.8) is 0 Å². The number of aliphatic hydroxyl groups is 2. The zero-order valence-electron chi connectivity index (χ0n) is 9.85. The lowest BCUT2D eigenvalue weighted by Gasteiger charge is -2.22. The van der Waals surface area contributed by atoms with E-state index in [2.05, 4.69) is 0 Å². The van der Waals surface area contributed by atoms with E-state index in [1.54, 1.807) is 30.3 Å². The summed E-state index contributed by atoms with van der Waals surface area (Å²) in [7, 11) is 0. The smallest absolute Gasteiger partial charge is 0.284 e. The average molecular weight is 257 g/mol. The van der Waals surface area contributed by atoms with Gasteiger partial charge in [0.15, 0.2) is 0 Å². The monoisotopic (exact) mass is 257 g/mol. The fourth-order valence-electron chi connectivity index (χ4n) is 2.47. The van der Waals surface area contributed by atoms with Crippen molar-refractivity contribution in [2.24, 2.45) is 0 Å². The van der Waals surface area contributed by atoms with Crippen LogP contribution in [0.5, 0.6) is 0 Å². The fourth-order valence-corrected chi connectivity index (χ4v) is 2.47. The molecule has 3 rings (SSSR count). The van der Waals surface area contributed by atoms with Gasteiger partial charge in [-0.05, 0) is 29.2 Å². The Morgan fingerprint density at radius 1 is 1.21 bits per heavy atom.